The fourth-order valence-corrected chi connectivity index (χ4v) is 3.60. The Kier molecular flexibility index (Phi) is 4.66. The molecule has 0 radical (unpaired) electrons. The Balaban J connectivity index is 1.95. The first-order valence-electron chi connectivity index (χ1n) is 9.25. The van der Waals surface area contributed by atoms with Gasteiger partial charge in [0, 0.05) is 16.5 Å². The Bertz CT molecular complexity index is 825. The summed E-state index contributed by atoms with van der Waals surface area (Å²) in [5.74, 6) is 0. The molecule has 0 saturated heterocycles. The lowest BCUT2D eigenvalue weighted by atomic mass is 9.74. The van der Waals surface area contributed by atoms with Crippen LogP contribution in [0.5, 0.6) is 0 Å². The highest BCUT2D eigenvalue weighted by Crippen LogP contribution is 2.36. The van der Waals surface area contributed by atoms with Crippen molar-refractivity contribution in [1.82, 2.24) is 0 Å². The Morgan fingerprint density at radius 2 is 1.04 bits per heavy atom. The van der Waals surface area contributed by atoms with Gasteiger partial charge in [-0.15, -0.1) is 0 Å². The van der Waals surface area contributed by atoms with Crippen LogP contribution < -0.4 is 5.73 Å². The van der Waals surface area contributed by atoms with Gasteiger partial charge in [0.1, 0.15) is 0 Å². The maximum Gasteiger partial charge on any atom is 0.0317 e. The van der Waals surface area contributed by atoms with Gasteiger partial charge in [0.25, 0.3) is 0 Å². The predicted octanol–water partition coefficient (Wildman–Crippen LogP) is 6.23. The fraction of sp³-hybridized carbons (Fsp3) is 0.280. The molecular weight excluding hydrogens is 314 g/mol. The smallest absolute Gasteiger partial charge is 0.0317 e. The first-order valence-corrected chi connectivity index (χ1v) is 9.25. The van der Waals surface area contributed by atoms with E-state index in [4.69, 9.17) is 5.73 Å². The first kappa shape index (κ1) is 18.3. The van der Waals surface area contributed by atoms with Gasteiger partial charge in [-0.25, -0.2) is 0 Å². The number of anilines is 1. The number of nitrogen functional groups attached to an aromatic ring is 1. The summed E-state index contributed by atoms with van der Waals surface area (Å²) < 4.78 is 0. The van der Waals surface area contributed by atoms with Gasteiger partial charge in [0.05, 0.1) is 0 Å². The molecule has 0 amide bonds. The van der Waals surface area contributed by atoms with Crippen LogP contribution in [0.1, 0.15) is 55.5 Å². The summed E-state index contributed by atoms with van der Waals surface area (Å²) in [4.78, 5) is 0. The van der Waals surface area contributed by atoms with Gasteiger partial charge in [-0.3, -0.25) is 0 Å². The lowest BCUT2D eigenvalue weighted by molar-refractivity contribution is 0.626. The van der Waals surface area contributed by atoms with Crippen molar-refractivity contribution in [1.29, 1.82) is 0 Å². The van der Waals surface area contributed by atoms with E-state index in [1.54, 1.807) is 0 Å². The van der Waals surface area contributed by atoms with Crippen molar-refractivity contribution < 1.29 is 0 Å². The molecule has 0 saturated carbocycles. The molecule has 0 aliphatic carbocycles. The fourth-order valence-electron chi connectivity index (χ4n) is 3.60. The highest BCUT2D eigenvalue weighted by atomic mass is 14.5. The van der Waals surface area contributed by atoms with E-state index in [1.165, 1.54) is 27.8 Å². The monoisotopic (exact) mass is 343 g/mol. The highest BCUT2D eigenvalue weighted by Gasteiger charge is 2.26. The van der Waals surface area contributed by atoms with Crippen molar-refractivity contribution in [2.24, 2.45) is 0 Å². The average Bonchev–Trinajstić information content (AvgIpc) is 2.62. The van der Waals surface area contributed by atoms with Crippen molar-refractivity contribution in [2.75, 3.05) is 5.73 Å². The molecule has 0 spiro atoms. The van der Waals surface area contributed by atoms with Gasteiger partial charge in [0.2, 0.25) is 0 Å². The third-order valence-electron chi connectivity index (χ3n) is 5.68. The molecule has 0 bridgehead atoms. The molecule has 0 aliphatic rings. The Hall–Kier alpha value is -2.54. The lowest BCUT2D eigenvalue weighted by Gasteiger charge is -2.30. The van der Waals surface area contributed by atoms with E-state index in [9.17, 15) is 0 Å². The van der Waals surface area contributed by atoms with Crippen molar-refractivity contribution in [3.8, 4) is 0 Å². The van der Waals surface area contributed by atoms with Crippen LogP contribution in [-0.2, 0) is 10.8 Å². The summed E-state index contributed by atoms with van der Waals surface area (Å²) >= 11 is 0. The molecule has 1 heteroatoms. The van der Waals surface area contributed by atoms with Crippen molar-refractivity contribution in [2.45, 2.75) is 45.4 Å². The normalized spacial score (nSPS) is 12.2. The predicted molar refractivity (Wildman–Crippen MR) is 113 cm³/mol. The summed E-state index contributed by atoms with van der Waals surface area (Å²) in [7, 11) is 0. The number of hydrogen-bond acceptors (Lipinski definition) is 1. The molecule has 0 aliphatic heterocycles. The molecule has 2 N–H and O–H groups in total. The van der Waals surface area contributed by atoms with Gasteiger partial charge in [-0.1, -0.05) is 93.9 Å². The van der Waals surface area contributed by atoms with Gasteiger partial charge >= 0.3 is 0 Å². The molecule has 0 heterocycles. The second-order valence-electron chi connectivity index (χ2n) is 8.32. The number of rotatable bonds is 4. The Labute approximate surface area is 157 Å². The van der Waals surface area contributed by atoms with Crippen LogP contribution in [0.4, 0.5) is 5.69 Å². The molecule has 0 aromatic heterocycles. The zero-order chi connectivity index (χ0) is 18.9. The SMILES string of the molecule is Cc1cccc(C(C)(C)c2ccc(C(C)(C)c3cccc(N)c3)cc2)c1. The summed E-state index contributed by atoms with van der Waals surface area (Å²) in [6, 6.07) is 26.0. The van der Waals surface area contributed by atoms with E-state index in [2.05, 4.69) is 95.3 Å². The zero-order valence-electron chi connectivity index (χ0n) is 16.5. The molecule has 3 aromatic carbocycles. The summed E-state index contributed by atoms with van der Waals surface area (Å²) in [6.07, 6.45) is 0. The van der Waals surface area contributed by atoms with Crippen molar-refractivity contribution in [3.05, 3.63) is 101 Å². The minimum absolute atomic E-state index is 0.0220. The van der Waals surface area contributed by atoms with Crippen LogP contribution in [0.2, 0.25) is 0 Å². The number of hydrogen-bond donors (Lipinski definition) is 1. The van der Waals surface area contributed by atoms with E-state index in [-0.39, 0.29) is 10.8 Å². The van der Waals surface area contributed by atoms with Crippen LogP contribution >= 0.6 is 0 Å². The average molecular weight is 344 g/mol. The van der Waals surface area contributed by atoms with Gasteiger partial charge in [-0.2, -0.15) is 0 Å². The zero-order valence-corrected chi connectivity index (χ0v) is 16.5. The van der Waals surface area contributed by atoms with Crippen LogP contribution in [0.3, 0.4) is 0 Å². The van der Waals surface area contributed by atoms with Crippen molar-refractivity contribution in [3.63, 3.8) is 0 Å². The Morgan fingerprint density at radius 1 is 0.577 bits per heavy atom. The van der Waals surface area contributed by atoms with E-state index in [1.807, 2.05) is 12.1 Å². The molecular formula is C25H29N. The van der Waals surface area contributed by atoms with E-state index < -0.39 is 0 Å². The molecule has 0 unspecified atom stereocenters. The number of nitrogens with two attached hydrogens (primary N) is 1. The first-order chi connectivity index (χ1) is 12.2. The molecule has 0 fully saturated rings. The molecule has 0 atom stereocenters. The maximum absolute atomic E-state index is 5.99. The van der Waals surface area contributed by atoms with E-state index in [0.29, 0.717) is 0 Å². The second-order valence-corrected chi connectivity index (χ2v) is 8.32. The third kappa shape index (κ3) is 3.39. The van der Waals surface area contributed by atoms with Crippen LogP contribution in [0, 0.1) is 6.92 Å². The quantitative estimate of drug-likeness (QED) is 0.558. The van der Waals surface area contributed by atoms with Crippen LogP contribution in [-0.4, -0.2) is 0 Å². The van der Waals surface area contributed by atoms with Crippen LogP contribution in [0.25, 0.3) is 0 Å². The Morgan fingerprint density at radius 3 is 1.50 bits per heavy atom. The standard InChI is InChI=1S/C25H29N/c1-18-8-6-9-21(16-18)24(2,3)19-12-14-20(15-13-19)25(4,5)22-10-7-11-23(26)17-22/h6-17H,26H2,1-5H3. The topological polar surface area (TPSA) is 26.0 Å². The van der Waals surface area contributed by atoms with E-state index >= 15 is 0 Å². The van der Waals surface area contributed by atoms with Crippen LogP contribution in [0.15, 0.2) is 72.8 Å². The molecule has 1 nitrogen and oxygen atoms in total. The summed E-state index contributed by atoms with van der Waals surface area (Å²) in [6.45, 7) is 11.2. The van der Waals surface area contributed by atoms with Gasteiger partial charge in [0.15, 0.2) is 0 Å². The van der Waals surface area contributed by atoms with Gasteiger partial charge in [-0.05, 0) is 41.3 Å². The van der Waals surface area contributed by atoms with Gasteiger partial charge < -0.3 is 5.73 Å². The summed E-state index contributed by atoms with van der Waals surface area (Å²) in [5.41, 5.74) is 13.2. The minimum Gasteiger partial charge on any atom is -0.399 e. The van der Waals surface area contributed by atoms with E-state index in [0.717, 1.165) is 5.69 Å². The molecule has 3 rings (SSSR count). The molecule has 26 heavy (non-hydrogen) atoms. The maximum atomic E-state index is 5.99. The third-order valence-corrected chi connectivity index (χ3v) is 5.68. The largest absolute Gasteiger partial charge is 0.399 e. The molecule has 3 aromatic rings. The number of aryl methyl sites for hydroxylation is 1. The minimum atomic E-state index is -0.0820. The lowest BCUT2D eigenvalue weighted by Crippen LogP contribution is -2.21. The number of benzene rings is 3. The second kappa shape index (κ2) is 6.64. The molecule has 134 valence electrons. The van der Waals surface area contributed by atoms with Crippen molar-refractivity contribution >= 4 is 5.69 Å². The summed E-state index contributed by atoms with van der Waals surface area (Å²) in [5, 5.41) is 0. The highest BCUT2D eigenvalue weighted by molar-refractivity contribution is 5.48.